The minimum atomic E-state index is -3.56. The number of anilines is 1. The first-order valence-electron chi connectivity index (χ1n) is 8.98. The molecule has 0 saturated carbocycles. The van der Waals surface area contributed by atoms with Gasteiger partial charge in [-0.25, -0.2) is 17.2 Å². The molecule has 0 radical (unpaired) electrons. The number of hydrogen-bond acceptors (Lipinski definition) is 4. The van der Waals surface area contributed by atoms with Crippen molar-refractivity contribution in [1.29, 1.82) is 0 Å². The molecule has 2 aromatic rings. The number of nitrogens with zero attached hydrogens (tertiary/aromatic N) is 2. The average molecular weight is 444 g/mol. The van der Waals surface area contributed by atoms with Crippen LogP contribution in [-0.2, 0) is 10.0 Å². The fraction of sp³-hybridized carbons (Fsp3) is 0.316. The predicted molar refractivity (Wildman–Crippen MR) is 108 cm³/mol. The topological polar surface area (TPSA) is 69.7 Å². The van der Waals surface area contributed by atoms with Crippen LogP contribution in [0.15, 0.2) is 42.5 Å². The number of rotatable bonds is 6. The van der Waals surface area contributed by atoms with Crippen molar-refractivity contribution in [3.8, 4) is 0 Å². The summed E-state index contributed by atoms with van der Waals surface area (Å²) in [5.41, 5.74) is 0.866. The molecule has 0 spiro atoms. The number of benzene rings is 2. The third-order valence-corrected chi connectivity index (χ3v) is 6.74. The first-order valence-corrected chi connectivity index (χ1v) is 11.0. The van der Waals surface area contributed by atoms with Gasteiger partial charge in [0.15, 0.2) is 11.6 Å². The van der Waals surface area contributed by atoms with Crippen molar-refractivity contribution >= 4 is 33.2 Å². The molecule has 1 amide bonds. The van der Waals surface area contributed by atoms with Gasteiger partial charge >= 0.3 is 0 Å². The van der Waals surface area contributed by atoms with Crippen molar-refractivity contribution in [1.82, 2.24) is 9.62 Å². The largest absolute Gasteiger partial charge is 0.369 e. The lowest BCUT2D eigenvalue weighted by Crippen LogP contribution is -2.50. The summed E-state index contributed by atoms with van der Waals surface area (Å²) in [5.74, 6) is -3.13. The standard InChI is InChI=1S/C19H20ClF2N3O3S/c20-15-2-1-3-16(13-15)24-7-9-25(10-8-24)29(27,28)11-6-23-19(26)14-4-5-17(21)18(22)12-14/h1-5,12-13H,6-11H2,(H,23,26). The van der Waals surface area contributed by atoms with Crippen LogP contribution >= 0.6 is 11.6 Å². The molecule has 0 aliphatic carbocycles. The Balaban J connectivity index is 1.50. The molecular formula is C19H20ClF2N3O3S. The lowest BCUT2D eigenvalue weighted by atomic mass is 10.2. The monoisotopic (exact) mass is 443 g/mol. The van der Waals surface area contributed by atoms with E-state index in [1.807, 2.05) is 18.2 Å². The van der Waals surface area contributed by atoms with Crippen molar-refractivity contribution in [2.24, 2.45) is 0 Å². The van der Waals surface area contributed by atoms with Crippen LogP contribution in [0.2, 0.25) is 5.02 Å². The van der Waals surface area contributed by atoms with Gasteiger partial charge in [0, 0.05) is 49.0 Å². The van der Waals surface area contributed by atoms with Gasteiger partial charge in [-0.05, 0) is 36.4 Å². The molecule has 1 aliphatic heterocycles. The van der Waals surface area contributed by atoms with E-state index >= 15 is 0 Å². The third-order valence-electron chi connectivity index (χ3n) is 4.63. The molecule has 6 nitrogen and oxygen atoms in total. The Bertz CT molecular complexity index is 996. The maximum absolute atomic E-state index is 13.2. The number of hydrogen-bond donors (Lipinski definition) is 1. The molecular weight excluding hydrogens is 424 g/mol. The van der Waals surface area contributed by atoms with E-state index in [1.165, 1.54) is 4.31 Å². The molecule has 2 aromatic carbocycles. The maximum atomic E-state index is 13.2. The molecule has 1 fully saturated rings. The van der Waals surface area contributed by atoms with Crippen LogP contribution < -0.4 is 10.2 Å². The van der Waals surface area contributed by atoms with Crippen LogP contribution in [0, 0.1) is 11.6 Å². The molecule has 1 aliphatic rings. The first kappa shape index (κ1) is 21.5. The molecule has 0 aromatic heterocycles. The maximum Gasteiger partial charge on any atom is 0.251 e. The summed E-state index contributed by atoms with van der Waals surface area (Å²) in [5, 5.41) is 3.04. The normalized spacial score (nSPS) is 15.3. The van der Waals surface area contributed by atoms with Crippen LogP contribution in [0.5, 0.6) is 0 Å². The van der Waals surface area contributed by atoms with E-state index in [-0.39, 0.29) is 17.9 Å². The summed E-state index contributed by atoms with van der Waals surface area (Å²) >= 11 is 6.00. The van der Waals surface area contributed by atoms with E-state index in [2.05, 4.69) is 10.2 Å². The Labute approximate surface area is 173 Å². The van der Waals surface area contributed by atoms with Crippen LogP contribution in [0.1, 0.15) is 10.4 Å². The van der Waals surface area contributed by atoms with Crippen LogP contribution in [0.3, 0.4) is 0 Å². The van der Waals surface area contributed by atoms with Crippen molar-refractivity contribution in [2.45, 2.75) is 0 Å². The summed E-state index contributed by atoms with van der Waals surface area (Å²) in [6.07, 6.45) is 0. The van der Waals surface area contributed by atoms with Crippen molar-refractivity contribution in [3.05, 3.63) is 64.7 Å². The Morgan fingerprint density at radius 1 is 1.03 bits per heavy atom. The predicted octanol–water partition coefficient (Wildman–Crippen LogP) is 2.50. The fourth-order valence-corrected chi connectivity index (χ4v) is 4.58. The second-order valence-corrected chi connectivity index (χ2v) is 9.09. The quantitative estimate of drug-likeness (QED) is 0.744. The van der Waals surface area contributed by atoms with Gasteiger partial charge in [0.1, 0.15) is 0 Å². The number of piperazine rings is 1. The lowest BCUT2D eigenvalue weighted by molar-refractivity contribution is 0.0955. The van der Waals surface area contributed by atoms with Gasteiger partial charge in [0.2, 0.25) is 10.0 Å². The highest BCUT2D eigenvalue weighted by Gasteiger charge is 2.27. The highest BCUT2D eigenvalue weighted by atomic mass is 35.5. The van der Waals surface area contributed by atoms with Gasteiger partial charge in [0.25, 0.3) is 5.91 Å². The number of nitrogens with one attached hydrogen (secondary N) is 1. The molecule has 1 saturated heterocycles. The number of amides is 1. The minimum Gasteiger partial charge on any atom is -0.369 e. The zero-order chi connectivity index (χ0) is 21.0. The number of halogens is 3. The Hall–Kier alpha value is -2.23. The molecule has 1 N–H and O–H groups in total. The molecule has 0 bridgehead atoms. The summed E-state index contributed by atoms with van der Waals surface area (Å²) in [4.78, 5) is 14.0. The second-order valence-electron chi connectivity index (χ2n) is 6.57. The molecule has 0 unspecified atom stereocenters. The minimum absolute atomic E-state index is 0.0727. The lowest BCUT2D eigenvalue weighted by Gasteiger charge is -2.35. The highest BCUT2D eigenvalue weighted by Crippen LogP contribution is 2.21. The second kappa shape index (κ2) is 9.06. The van der Waals surface area contributed by atoms with Crippen LogP contribution in [0.25, 0.3) is 0 Å². The Morgan fingerprint density at radius 3 is 2.41 bits per heavy atom. The van der Waals surface area contributed by atoms with E-state index in [4.69, 9.17) is 11.6 Å². The van der Waals surface area contributed by atoms with Crippen molar-refractivity contribution in [2.75, 3.05) is 43.4 Å². The van der Waals surface area contributed by atoms with E-state index < -0.39 is 27.6 Å². The molecule has 1 heterocycles. The zero-order valence-electron chi connectivity index (χ0n) is 15.4. The Morgan fingerprint density at radius 2 is 1.76 bits per heavy atom. The van der Waals surface area contributed by atoms with E-state index in [0.717, 1.165) is 23.9 Å². The van der Waals surface area contributed by atoms with Gasteiger partial charge in [-0.15, -0.1) is 0 Å². The summed E-state index contributed by atoms with van der Waals surface area (Å²) in [7, 11) is -3.56. The highest BCUT2D eigenvalue weighted by molar-refractivity contribution is 7.89. The van der Waals surface area contributed by atoms with Gasteiger partial charge in [-0.3, -0.25) is 4.79 Å². The van der Waals surface area contributed by atoms with E-state index in [9.17, 15) is 22.0 Å². The average Bonchev–Trinajstić information content (AvgIpc) is 2.70. The van der Waals surface area contributed by atoms with Gasteiger partial charge < -0.3 is 10.2 Å². The third kappa shape index (κ3) is 5.43. The molecule has 3 rings (SSSR count). The smallest absolute Gasteiger partial charge is 0.251 e. The molecule has 0 atom stereocenters. The molecule has 29 heavy (non-hydrogen) atoms. The summed E-state index contributed by atoms with van der Waals surface area (Å²) in [6.45, 7) is 1.58. The summed E-state index contributed by atoms with van der Waals surface area (Å²) < 4.78 is 52.6. The zero-order valence-corrected chi connectivity index (χ0v) is 17.0. The number of carbonyl (C=O) groups is 1. The molecule has 156 valence electrons. The number of sulfonamides is 1. The van der Waals surface area contributed by atoms with Gasteiger partial charge in [-0.2, -0.15) is 4.31 Å². The molecule has 10 heteroatoms. The van der Waals surface area contributed by atoms with Crippen molar-refractivity contribution in [3.63, 3.8) is 0 Å². The van der Waals surface area contributed by atoms with Crippen LogP contribution in [-0.4, -0.2) is 57.1 Å². The Kier molecular flexibility index (Phi) is 6.71. The fourth-order valence-electron chi connectivity index (χ4n) is 3.06. The van der Waals surface area contributed by atoms with E-state index in [0.29, 0.717) is 31.2 Å². The van der Waals surface area contributed by atoms with Gasteiger partial charge in [0.05, 0.1) is 5.75 Å². The first-order chi connectivity index (χ1) is 13.8. The SMILES string of the molecule is O=C(NCCS(=O)(=O)N1CCN(c2cccc(Cl)c2)CC1)c1ccc(F)c(F)c1. The van der Waals surface area contributed by atoms with Crippen molar-refractivity contribution < 1.29 is 22.0 Å². The summed E-state index contributed by atoms with van der Waals surface area (Å²) in [6, 6.07) is 10.1. The van der Waals surface area contributed by atoms with Crippen LogP contribution in [0.4, 0.5) is 14.5 Å². The van der Waals surface area contributed by atoms with Gasteiger partial charge in [-0.1, -0.05) is 17.7 Å². The number of carbonyl (C=O) groups excluding carboxylic acids is 1. The van der Waals surface area contributed by atoms with E-state index in [1.54, 1.807) is 6.07 Å².